The Balaban J connectivity index is 1.87. The summed E-state index contributed by atoms with van der Waals surface area (Å²) >= 11 is 0. The molecule has 1 N–H and O–H groups in total. The van der Waals surface area contributed by atoms with Crippen LogP contribution in [0.2, 0.25) is 0 Å². The predicted molar refractivity (Wildman–Crippen MR) is 107 cm³/mol. The summed E-state index contributed by atoms with van der Waals surface area (Å²) in [6, 6.07) is 19.4. The molecule has 1 aliphatic heterocycles. The summed E-state index contributed by atoms with van der Waals surface area (Å²) < 4.78 is 5.43. The summed E-state index contributed by atoms with van der Waals surface area (Å²) in [5.74, 6) is 0.000594. The zero-order valence-corrected chi connectivity index (χ0v) is 15.4. The zero-order valence-electron chi connectivity index (χ0n) is 15.4. The Labute approximate surface area is 163 Å². The average Bonchev–Trinajstić information content (AvgIpc) is 2.75. The standard InChI is InChI=1S/C22H21N3O3/c26-22(27)19-18(15-16-7-3-1-4-8-16)23-20(17-9-5-2-6-10-17)24-21(19)25-11-13-28-14-12-25/h1-10H,11-15H2,(H,26,27). The molecule has 1 saturated heterocycles. The molecule has 0 saturated carbocycles. The van der Waals surface area contributed by atoms with Crippen LogP contribution in [0.15, 0.2) is 60.7 Å². The van der Waals surface area contributed by atoms with Crippen molar-refractivity contribution in [2.45, 2.75) is 6.42 Å². The van der Waals surface area contributed by atoms with Gasteiger partial charge in [0.15, 0.2) is 5.82 Å². The molecule has 0 amide bonds. The SMILES string of the molecule is O=C(O)c1c(Cc2ccccc2)nc(-c2ccccc2)nc1N1CCOCC1. The Morgan fingerprint density at radius 3 is 2.25 bits per heavy atom. The highest BCUT2D eigenvalue weighted by Gasteiger charge is 2.26. The third kappa shape index (κ3) is 3.87. The van der Waals surface area contributed by atoms with Gasteiger partial charge in [-0.1, -0.05) is 60.7 Å². The van der Waals surface area contributed by atoms with Gasteiger partial charge in [0.2, 0.25) is 0 Å². The molecule has 0 atom stereocenters. The largest absolute Gasteiger partial charge is 0.477 e. The smallest absolute Gasteiger partial charge is 0.341 e. The minimum absolute atomic E-state index is 0.172. The lowest BCUT2D eigenvalue weighted by atomic mass is 10.0. The van der Waals surface area contributed by atoms with E-state index in [1.165, 1.54) is 0 Å². The molecule has 28 heavy (non-hydrogen) atoms. The number of benzene rings is 2. The number of ether oxygens (including phenoxy) is 1. The molecule has 0 aliphatic carbocycles. The van der Waals surface area contributed by atoms with E-state index in [2.05, 4.69) is 9.97 Å². The highest BCUT2D eigenvalue weighted by Crippen LogP contribution is 2.27. The van der Waals surface area contributed by atoms with Gasteiger partial charge in [0.05, 0.1) is 18.9 Å². The molecule has 2 heterocycles. The van der Waals surface area contributed by atoms with E-state index in [0.29, 0.717) is 50.1 Å². The van der Waals surface area contributed by atoms with Crippen molar-refractivity contribution in [3.8, 4) is 11.4 Å². The molecule has 2 aromatic carbocycles. The van der Waals surface area contributed by atoms with Crippen molar-refractivity contribution in [1.82, 2.24) is 9.97 Å². The number of hydrogen-bond donors (Lipinski definition) is 1. The van der Waals surface area contributed by atoms with Crippen LogP contribution in [0.5, 0.6) is 0 Å². The summed E-state index contributed by atoms with van der Waals surface area (Å²) in [6.45, 7) is 2.32. The second-order valence-corrected chi connectivity index (χ2v) is 6.63. The van der Waals surface area contributed by atoms with E-state index in [-0.39, 0.29) is 5.56 Å². The Kier molecular flexibility index (Phi) is 5.30. The lowest BCUT2D eigenvalue weighted by Crippen LogP contribution is -2.38. The van der Waals surface area contributed by atoms with Crippen molar-refractivity contribution in [1.29, 1.82) is 0 Å². The lowest BCUT2D eigenvalue weighted by molar-refractivity contribution is 0.0694. The van der Waals surface area contributed by atoms with Crippen LogP contribution in [0.3, 0.4) is 0 Å². The first-order valence-corrected chi connectivity index (χ1v) is 9.28. The van der Waals surface area contributed by atoms with Crippen molar-refractivity contribution >= 4 is 11.8 Å². The first-order chi connectivity index (χ1) is 13.7. The maximum atomic E-state index is 12.2. The highest BCUT2D eigenvalue weighted by atomic mass is 16.5. The molecule has 6 nitrogen and oxygen atoms in total. The van der Waals surface area contributed by atoms with Crippen molar-refractivity contribution in [2.75, 3.05) is 31.2 Å². The molecule has 1 fully saturated rings. The number of nitrogens with zero attached hydrogens (tertiary/aromatic N) is 3. The van der Waals surface area contributed by atoms with Crippen LogP contribution < -0.4 is 4.90 Å². The number of carbonyl (C=O) groups is 1. The van der Waals surface area contributed by atoms with E-state index in [1.54, 1.807) is 0 Å². The van der Waals surface area contributed by atoms with E-state index in [9.17, 15) is 9.90 Å². The lowest BCUT2D eigenvalue weighted by Gasteiger charge is -2.29. The van der Waals surface area contributed by atoms with E-state index >= 15 is 0 Å². The van der Waals surface area contributed by atoms with Crippen LogP contribution in [0.1, 0.15) is 21.6 Å². The molecule has 0 radical (unpaired) electrons. The van der Waals surface area contributed by atoms with Crippen LogP contribution in [0.4, 0.5) is 5.82 Å². The molecule has 1 aliphatic rings. The van der Waals surface area contributed by atoms with Crippen LogP contribution in [-0.4, -0.2) is 47.3 Å². The van der Waals surface area contributed by atoms with E-state index < -0.39 is 5.97 Å². The fraction of sp³-hybridized carbons (Fsp3) is 0.227. The molecule has 0 bridgehead atoms. The number of morpholine rings is 1. The molecular formula is C22H21N3O3. The van der Waals surface area contributed by atoms with Crippen molar-refractivity contribution < 1.29 is 14.6 Å². The van der Waals surface area contributed by atoms with Crippen molar-refractivity contribution in [3.63, 3.8) is 0 Å². The third-order valence-electron chi connectivity index (χ3n) is 4.74. The first-order valence-electron chi connectivity index (χ1n) is 9.28. The second-order valence-electron chi connectivity index (χ2n) is 6.63. The number of hydrogen-bond acceptors (Lipinski definition) is 5. The van der Waals surface area contributed by atoms with Gasteiger partial charge in [-0.2, -0.15) is 0 Å². The summed E-state index contributed by atoms with van der Waals surface area (Å²) in [7, 11) is 0. The number of rotatable bonds is 5. The van der Waals surface area contributed by atoms with Gasteiger partial charge in [-0.3, -0.25) is 0 Å². The van der Waals surface area contributed by atoms with Crippen LogP contribution >= 0.6 is 0 Å². The molecule has 0 spiro atoms. The summed E-state index contributed by atoms with van der Waals surface area (Å²) in [5, 5.41) is 9.98. The van der Waals surface area contributed by atoms with Crippen LogP contribution in [0, 0.1) is 0 Å². The normalized spacial score (nSPS) is 14.1. The van der Waals surface area contributed by atoms with Crippen molar-refractivity contribution in [3.05, 3.63) is 77.5 Å². The summed E-state index contributed by atoms with van der Waals surface area (Å²) in [6.07, 6.45) is 0.433. The second kappa shape index (κ2) is 8.19. The quantitative estimate of drug-likeness (QED) is 0.738. The Morgan fingerprint density at radius 1 is 0.964 bits per heavy atom. The van der Waals surface area contributed by atoms with Crippen LogP contribution in [0.25, 0.3) is 11.4 Å². The topological polar surface area (TPSA) is 75.5 Å². The molecular weight excluding hydrogens is 354 g/mol. The molecule has 6 heteroatoms. The Morgan fingerprint density at radius 2 is 1.61 bits per heavy atom. The van der Waals surface area contributed by atoms with Gasteiger partial charge in [-0.05, 0) is 5.56 Å². The monoisotopic (exact) mass is 375 g/mol. The first kappa shape index (κ1) is 18.1. The zero-order chi connectivity index (χ0) is 19.3. The average molecular weight is 375 g/mol. The Hall–Kier alpha value is -3.25. The van der Waals surface area contributed by atoms with Gasteiger partial charge in [0.25, 0.3) is 0 Å². The van der Waals surface area contributed by atoms with Gasteiger partial charge in [-0.25, -0.2) is 14.8 Å². The number of anilines is 1. The summed E-state index contributed by atoms with van der Waals surface area (Å²) in [5.41, 5.74) is 2.57. The van der Waals surface area contributed by atoms with Crippen LogP contribution in [-0.2, 0) is 11.2 Å². The fourth-order valence-corrected chi connectivity index (χ4v) is 3.35. The third-order valence-corrected chi connectivity index (χ3v) is 4.74. The van der Waals surface area contributed by atoms with Gasteiger partial charge < -0.3 is 14.7 Å². The van der Waals surface area contributed by atoms with Gasteiger partial charge in [-0.15, -0.1) is 0 Å². The fourth-order valence-electron chi connectivity index (χ4n) is 3.35. The van der Waals surface area contributed by atoms with E-state index in [0.717, 1.165) is 11.1 Å². The minimum Gasteiger partial charge on any atom is -0.477 e. The molecule has 4 rings (SSSR count). The number of carboxylic acids is 1. The maximum Gasteiger partial charge on any atom is 0.341 e. The van der Waals surface area contributed by atoms with Gasteiger partial charge >= 0.3 is 5.97 Å². The minimum atomic E-state index is -1.01. The van der Waals surface area contributed by atoms with E-state index in [1.807, 2.05) is 65.6 Å². The van der Waals surface area contributed by atoms with Gasteiger partial charge in [0, 0.05) is 25.1 Å². The molecule has 142 valence electrons. The molecule has 1 aromatic heterocycles. The van der Waals surface area contributed by atoms with E-state index in [4.69, 9.17) is 4.74 Å². The van der Waals surface area contributed by atoms with Gasteiger partial charge in [0.1, 0.15) is 11.4 Å². The molecule has 0 unspecified atom stereocenters. The van der Waals surface area contributed by atoms with Crippen molar-refractivity contribution in [2.24, 2.45) is 0 Å². The summed E-state index contributed by atoms with van der Waals surface area (Å²) in [4.78, 5) is 23.5. The predicted octanol–water partition coefficient (Wildman–Crippen LogP) is 3.27. The maximum absolute atomic E-state index is 12.2. The number of carboxylic acid groups (broad SMARTS) is 1. The Bertz CT molecular complexity index is 956. The molecule has 3 aromatic rings. The number of aromatic nitrogens is 2. The number of aromatic carboxylic acids is 1. The highest BCUT2D eigenvalue weighted by molar-refractivity contribution is 5.95.